The predicted molar refractivity (Wildman–Crippen MR) is 57.0 cm³/mol. The largest absolute Gasteiger partial charge is 0.480 e. The van der Waals surface area contributed by atoms with E-state index in [-0.39, 0.29) is 18.4 Å². The Hall–Kier alpha value is -1.00. The van der Waals surface area contributed by atoms with Gasteiger partial charge in [0.1, 0.15) is 11.8 Å². The van der Waals surface area contributed by atoms with E-state index in [4.69, 9.17) is 9.52 Å². The molecule has 1 atom stereocenters. The fraction of sp³-hybridized carbons (Fsp3) is 0.500. The molecule has 1 N–H and O–H groups in total. The lowest BCUT2D eigenvalue weighted by molar-refractivity contribution is -0.142. The van der Waals surface area contributed by atoms with E-state index >= 15 is 0 Å². The molecule has 1 fully saturated rings. The smallest absolute Gasteiger partial charge is 0.320 e. The summed E-state index contributed by atoms with van der Waals surface area (Å²) in [7, 11) is 0. The second kappa shape index (κ2) is 5.19. The van der Waals surface area contributed by atoms with Gasteiger partial charge in [-0.05, 0) is 31.5 Å². The molecule has 0 aliphatic carbocycles. The molecule has 0 amide bonds. The van der Waals surface area contributed by atoms with Crippen LogP contribution in [0.1, 0.15) is 18.6 Å². The lowest BCUT2D eigenvalue weighted by Gasteiger charge is -2.19. The minimum Gasteiger partial charge on any atom is -0.480 e. The third kappa shape index (κ3) is 2.73. The third-order valence-electron chi connectivity index (χ3n) is 2.59. The molecular weight excluding hydrogens is 218 g/mol. The van der Waals surface area contributed by atoms with Gasteiger partial charge in [0.05, 0.1) is 12.8 Å². The highest BCUT2D eigenvalue weighted by Crippen LogP contribution is 2.20. The minimum atomic E-state index is -0.728. The van der Waals surface area contributed by atoms with Gasteiger partial charge in [-0.2, -0.15) is 0 Å². The van der Waals surface area contributed by atoms with Gasteiger partial charge in [0.15, 0.2) is 0 Å². The van der Waals surface area contributed by atoms with Gasteiger partial charge in [-0.25, -0.2) is 0 Å². The van der Waals surface area contributed by atoms with Crippen LogP contribution in [0.5, 0.6) is 0 Å². The number of hydrogen-bond donors (Lipinski definition) is 1. The topological polar surface area (TPSA) is 53.7 Å². The van der Waals surface area contributed by atoms with Crippen LogP contribution in [0.15, 0.2) is 22.8 Å². The van der Waals surface area contributed by atoms with Gasteiger partial charge in [-0.15, -0.1) is 12.4 Å². The molecule has 1 aromatic rings. The Morgan fingerprint density at radius 2 is 2.47 bits per heavy atom. The normalized spacial score (nSPS) is 21.2. The van der Waals surface area contributed by atoms with E-state index in [2.05, 4.69) is 0 Å². The standard InChI is InChI=1S/C10H13NO3.ClH/c12-10(13)9-4-1-5-11(9)7-8-3-2-6-14-8;/h2-3,6,9H,1,4-5,7H2,(H,12,13);1H. The number of aliphatic carboxylic acids is 1. The highest BCUT2D eigenvalue weighted by Gasteiger charge is 2.30. The van der Waals surface area contributed by atoms with Crippen molar-refractivity contribution in [2.24, 2.45) is 0 Å². The van der Waals surface area contributed by atoms with E-state index < -0.39 is 5.97 Å². The number of halogens is 1. The number of rotatable bonds is 3. The van der Waals surface area contributed by atoms with E-state index in [1.165, 1.54) is 0 Å². The average molecular weight is 232 g/mol. The monoisotopic (exact) mass is 231 g/mol. The lowest BCUT2D eigenvalue weighted by Crippen LogP contribution is -2.35. The molecule has 1 aromatic heterocycles. The van der Waals surface area contributed by atoms with Crippen molar-refractivity contribution in [3.05, 3.63) is 24.2 Å². The zero-order chi connectivity index (χ0) is 9.97. The SMILES string of the molecule is Cl.O=C(O)C1CCCN1Cc1ccco1. The van der Waals surface area contributed by atoms with Crippen molar-refractivity contribution in [1.82, 2.24) is 4.90 Å². The average Bonchev–Trinajstić information content (AvgIpc) is 2.75. The van der Waals surface area contributed by atoms with Crippen LogP contribution in [0, 0.1) is 0 Å². The van der Waals surface area contributed by atoms with Crippen molar-refractivity contribution in [2.75, 3.05) is 6.54 Å². The second-order valence-electron chi connectivity index (χ2n) is 3.55. The zero-order valence-corrected chi connectivity index (χ0v) is 9.07. The Kier molecular flexibility index (Phi) is 4.17. The maximum atomic E-state index is 10.9. The van der Waals surface area contributed by atoms with E-state index in [1.54, 1.807) is 6.26 Å². The van der Waals surface area contributed by atoms with Gasteiger partial charge in [0, 0.05) is 0 Å². The molecule has 1 saturated heterocycles. The summed E-state index contributed by atoms with van der Waals surface area (Å²) in [5.41, 5.74) is 0. The van der Waals surface area contributed by atoms with Gasteiger partial charge in [0.2, 0.25) is 0 Å². The maximum Gasteiger partial charge on any atom is 0.320 e. The van der Waals surface area contributed by atoms with Crippen molar-refractivity contribution < 1.29 is 14.3 Å². The summed E-state index contributed by atoms with van der Waals surface area (Å²) in [6.07, 6.45) is 3.31. The molecule has 84 valence electrons. The molecule has 2 heterocycles. The van der Waals surface area contributed by atoms with E-state index in [1.807, 2.05) is 17.0 Å². The Morgan fingerprint density at radius 3 is 3.07 bits per heavy atom. The fourth-order valence-corrected chi connectivity index (χ4v) is 1.90. The number of furan rings is 1. The molecule has 0 saturated carbocycles. The molecule has 1 aliphatic heterocycles. The van der Waals surface area contributed by atoms with Crippen LogP contribution in [0.2, 0.25) is 0 Å². The van der Waals surface area contributed by atoms with E-state index in [9.17, 15) is 4.79 Å². The van der Waals surface area contributed by atoms with Gasteiger partial charge >= 0.3 is 5.97 Å². The van der Waals surface area contributed by atoms with Crippen LogP contribution >= 0.6 is 12.4 Å². The first kappa shape index (κ1) is 12.1. The summed E-state index contributed by atoms with van der Waals surface area (Å²) in [4.78, 5) is 12.8. The number of carboxylic acids is 1. The molecular formula is C10H14ClNO3. The predicted octanol–water partition coefficient (Wildman–Crippen LogP) is 1.75. The molecule has 1 aliphatic rings. The molecule has 2 rings (SSSR count). The Morgan fingerprint density at radius 1 is 1.67 bits per heavy atom. The van der Waals surface area contributed by atoms with Crippen molar-refractivity contribution in [3.63, 3.8) is 0 Å². The fourth-order valence-electron chi connectivity index (χ4n) is 1.90. The summed E-state index contributed by atoms with van der Waals surface area (Å²) >= 11 is 0. The first-order valence-electron chi connectivity index (χ1n) is 4.76. The second-order valence-corrected chi connectivity index (χ2v) is 3.55. The number of hydrogen-bond acceptors (Lipinski definition) is 3. The van der Waals surface area contributed by atoms with Gasteiger partial charge in [0.25, 0.3) is 0 Å². The summed E-state index contributed by atoms with van der Waals surface area (Å²) in [5, 5.41) is 8.94. The number of likely N-dealkylation sites (tertiary alicyclic amines) is 1. The molecule has 1 unspecified atom stereocenters. The summed E-state index contributed by atoms with van der Waals surface area (Å²) in [5.74, 6) is 0.104. The van der Waals surface area contributed by atoms with Crippen molar-refractivity contribution in [3.8, 4) is 0 Å². The Labute approximate surface area is 94.3 Å². The summed E-state index contributed by atoms with van der Waals surface area (Å²) in [6, 6.07) is 3.36. The summed E-state index contributed by atoms with van der Waals surface area (Å²) in [6.45, 7) is 1.45. The maximum absolute atomic E-state index is 10.9. The van der Waals surface area contributed by atoms with Gasteiger partial charge in [-0.1, -0.05) is 0 Å². The minimum absolute atomic E-state index is 0. The van der Waals surface area contributed by atoms with Crippen LogP contribution in [0.3, 0.4) is 0 Å². The first-order valence-corrected chi connectivity index (χ1v) is 4.76. The van der Waals surface area contributed by atoms with Crippen LogP contribution in [0.4, 0.5) is 0 Å². The molecule has 0 aromatic carbocycles. The van der Waals surface area contributed by atoms with Crippen molar-refractivity contribution in [1.29, 1.82) is 0 Å². The molecule has 0 spiro atoms. The third-order valence-corrected chi connectivity index (χ3v) is 2.59. The molecule has 5 heteroatoms. The molecule has 0 radical (unpaired) electrons. The van der Waals surface area contributed by atoms with E-state index in [0.29, 0.717) is 6.54 Å². The highest BCUT2D eigenvalue weighted by atomic mass is 35.5. The van der Waals surface area contributed by atoms with Crippen LogP contribution in [-0.2, 0) is 11.3 Å². The quantitative estimate of drug-likeness (QED) is 0.861. The summed E-state index contributed by atoms with van der Waals surface area (Å²) < 4.78 is 5.19. The van der Waals surface area contributed by atoms with Crippen molar-refractivity contribution in [2.45, 2.75) is 25.4 Å². The number of carbonyl (C=O) groups is 1. The van der Waals surface area contributed by atoms with Gasteiger partial charge < -0.3 is 9.52 Å². The zero-order valence-electron chi connectivity index (χ0n) is 8.26. The number of carboxylic acid groups (broad SMARTS) is 1. The van der Waals surface area contributed by atoms with Crippen molar-refractivity contribution >= 4 is 18.4 Å². The molecule has 4 nitrogen and oxygen atoms in total. The van der Waals surface area contributed by atoms with Crippen LogP contribution < -0.4 is 0 Å². The lowest BCUT2D eigenvalue weighted by atomic mass is 10.2. The number of nitrogens with zero attached hydrogens (tertiary/aromatic N) is 1. The Bertz CT molecular complexity index is 312. The first-order chi connectivity index (χ1) is 6.77. The van der Waals surface area contributed by atoms with E-state index in [0.717, 1.165) is 25.1 Å². The molecule has 0 bridgehead atoms. The van der Waals surface area contributed by atoms with Gasteiger partial charge in [-0.3, -0.25) is 9.69 Å². The Balaban J connectivity index is 0.00000112. The highest BCUT2D eigenvalue weighted by molar-refractivity contribution is 5.85. The molecule has 15 heavy (non-hydrogen) atoms. The van der Waals surface area contributed by atoms with Crippen LogP contribution in [0.25, 0.3) is 0 Å². The van der Waals surface area contributed by atoms with Crippen LogP contribution in [-0.4, -0.2) is 28.6 Å².